The third-order valence-electron chi connectivity index (χ3n) is 2.78. The lowest BCUT2D eigenvalue weighted by atomic mass is 9.81. The molecule has 1 unspecified atom stereocenters. The third-order valence-corrected chi connectivity index (χ3v) is 3.12. The molecule has 2 rings (SSSR count). The number of rotatable bonds is 4. The minimum atomic E-state index is 0.261. The van der Waals surface area contributed by atoms with E-state index < -0.39 is 0 Å². The first-order valence-electron chi connectivity index (χ1n) is 4.97. The summed E-state index contributed by atoms with van der Waals surface area (Å²) in [6.45, 7) is 0. The monoisotopic (exact) mass is 198 g/mol. The van der Waals surface area contributed by atoms with Gasteiger partial charge in [0.15, 0.2) is 0 Å². The maximum Gasteiger partial charge on any atom is 0.107 e. The van der Waals surface area contributed by atoms with Crippen LogP contribution in [0.25, 0.3) is 0 Å². The Morgan fingerprint density at radius 2 is 2.46 bits per heavy atom. The average Bonchev–Trinajstić information content (AvgIpc) is 2.49. The molecule has 1 saturated carbocycles. The number of halogens is 1. The van der Waals surface area contributed by atoms with Crippen LogP contribution in [0.15, 0.2) is 12.4 Å². The Hall–Kier alpha value is -0.500. The van der Waals surface area contributed by atoms with Crippen LogP contribution in [-0.4, -0.2) is 15.3 Å². The standard InChI is InChI=1S/C10H15ClN2/c11-9(6-8-2-1-3-8)7-10-12-4-5-13-10/h4-5,8-9H,1-3,6-7H2,(H,12,13). The van der Waals surface area contributed by atoms with Crippen LogP contribution in [0, 0.1) is 5.92 Å². The number of alkyl halides is 1. The van der Waals surface area contributed by atoms with Gasteiger partial charge in [-0.3, -0.25) is 0 Å². The SMILES string of the molecule is ClC(Cc1ncc[nH]1)CC1CCC1. The van der Waals surface area contributed by atoms with Crippen LogP contribution in [0.2, 0.25) is 0 Å². The zero-order valence-electron chi connectivity index (χ0n) is 7.67. The lowest BCUT2D eigenvalue weighted by molar-refractivity contribution is 0.291. The van der Waals surface area contributed by atoms with Gasteiger partial charge in [-0.15, -0.1) is 11.6 Å². The molecule has 0 radical (unpaired) electrons. The summed E-state index contributed by atoms with van der Waals surface area (Å²) in [5, 5.41) is 0.261. The fourth-order valence-electron chi connectivity index (χ4n) is 1.79. The Balaban J connectivity index is 1.74. The predicted octanol–water partition coefficient (Wildman–Crippen LogP) is 2.75. The molecule has 1 aliphatic rings. The highest BCUT2D eigenvalue weighted by Gasteiger charge is 2.21. The van der Waals surface area contributed by atoms with E-state index in [2.05, 4.69) is 9.97 Å². The number of aromatic nitrogens is 2. The van der Waals surface area contributed by atoms with Gasteiger partial charge >= 0.3 is 0 Å². The summed E-state index contributed by atoms with van der Waals surface area (Å²) in [6, 6.07) is 0. The van der Waals surface area contributed by atoms with Crippen molar-refractivity contribution in [2.75, 3.05) is 0 Å². The molecular formula is C10H15ClN2. The highest BCUT2D eigenvalue weighted by molar-refractivity contribution is 6.20. The predicted molar refractivity (Wildman–Crippen MR) is 53.9 cm³/mol. The van der Waals surface area contributed by atoms with Crippen molar-refractivity contribution >= 4 is 11.6 Å². The molecule has 2 nitrogen and oxygen atoms in total. The second-order valence-corrected chi connectivity index (χ2v) is 4.49. The number of hydrogen-bond acceptors (Lipinski definition) is 1. The van der Waals surface area contributed by atoms with E-state index in [1.807, 2.05) is 6.20 Å². The first-order valence-corrected chi connectivity index (χ1v) is 5.40. The van der Waals surface area contributed by atoms with Gasteiger partial charge in [-0.2, -0.15) is 0 Å². The van der Waals surface area contributed by atoms with Crippen molar-refractivity contribution in [2.24, 2.45) is 5.92 Å². The molecule has 1 fully saturated rings. The van der Waals surface area contributed by atoms with Crippen molar-refractivity contribution in [2.45, 2.75) is 37.5 Å². The number of hydrogen-bond donors (Lipinski definition) is 1. The topological polar surface area (TPSA) is 28.7 Å². The summed E-state index contributed by atoms with van der Waals surface area (Å²) in [5.74, 6) is 1.90. The van der Waals surface area contributed by atoms with Gasteiger partial charge in [0.1, 0.15) is 5.82 Å². The van der Waals surface area contributed by atoms with Gasteiger partial charge in [-0.05, 0) is 12.3 Å². The molecule has 1 aromatic heterocycles. The second kappa shape index (κ2) is 4.14. The molecule has 1 atom stereocenters. The Kier molecular flexibility index (Phi) is 2.89. The largest absolute Gasteiger partial charge is 0.349 e. The second-order valence-electron chi connectivity index (χ2n) is 3.87. The quantitative estimate of drug-likeness (QED) is 0.741. The van der Waals surface area contributed by atoms with E-state index in [4.69, 9.17) is 11.6 Å². The third kappa shape index (κ3) is 2.47. The molecule has 3 heteroatoms. The van der Waals surface area contributed by atoms with Crippen LogP contribution in [0.4, 0.5) is 0 Å². The van der Waals surface area contributed by atoms with Crippen molar-refractivity contribution in [3.63, 3.8) is 0 Å². The molecule has 1 N–H and O–H groups in total. The average molecular weight is 199 g/mol. The molecule has 1 heterocycles. The summed E-state index contributed by atoms with van der Waals surface area (Å²) in [5.41, 5.74) is 0. The van der Waals surface area contributed by atoms with Gasteiger partial charge in [-0.1, -0.05) is 19.3 Å². The van der Waals surface area contributed by atoms with Gasteiger partial charge in [-0.25, -0.2) is 4.98 Å². The summed E-state index contributed by atoms with van der Waals surface area (Å²) in [7, 11) is 0. The van der Waals surface area contributed by atoms with Gasteiger partial charge in [0, 0.05) is 24.2 Å². The first-order chi connectivity index (χ1) is 6.34. The van der Waals surface area contributed by atoms with E-state index in [9.17, 15) is 0 Å². The lowest BCUT2D eigenvalue weighted by Crippen LogP contribution is -2.17. The Labute approximate surface area is 83.7 Å². The van der Waals surface area contributed by atoms with Gasteiger partial charge in [0.05, 0.1) is 0 Å². The maximum absolute atomic E-state index is 6.22. The minimum absolute atomic E-state index is 0.261. The van der Waals surface area contributed by atoms with E-state index in [0.29, 0.717) is 0 Å². The zero-order valence-corrected chi connectivity index (χ0v) is 8.43. The van der Waals surface area contributed by atoms with Gasteiger partial charge in [0.25, 0.3) is 0 Å². The van der Waals surface area contributed by atoms with Crippen LogP contribution < -0.4 is 0 Å². The first kappa shape index (κ1) is 9.07. The Morgan fingerprint density at radius 3 is 3.00 bits per heavy atom. The number of nitrogens with zero attached hydrogens (tertiary/aromatic N) is 1. The van der Waals surface area contributed by atoms with E-state index >= 15 is 0 Å². The number of H-pyrrole nitrogens is 1. The molecule has 1 aromatic rings. The Bertz CT molecular complexity index is 241. The normalized spacial score (nSPS) is 19.8. The minimum Gasteiger partial charge on any atom is -0.349 e. The number of imidazole rings is 1. The van der Waals surface area contributed by atoms with E-state index in [1.165, 1.54) is 19.3 Å². The van der Waals surface area contributed by atoms with Crippen molar-refractivity contribution in [3.8, 4) is 0 Å². The van der Waals surface area contributed by atoms with E-state index in [0.717, 1.165) is 24.6 Å². The molecule has 1 aliphatic carbocycles. The maximum atomic E-state index is 6.22. The zero-order chi connectivity index (χ0) is 9.10. The summed E-state index contributed by atoms with van der Waals surface area (Å²) in [6.07, 6.45) is 9.82. The fourth-order valence-corrected chi connectivity index (χ4v) is 2.19. The fraction of sp³-hybridized carbons (Fsp3) is 0.700. The van der Waals surface area contributed by atoms with Crippen molar-refractivity contribution in [1.82, 2.24) is 9.97 Å². The molecule has 72 valence electrons. The van der Waals surface area contributed by atoms with Gasteiger partial charge in [0.2, 0.25) is 0 Å². The molecule has 13 heavy (non-hydrogen) atoms. The molecule has 0 spiro atoms. The molecule has 0 amide bonds. The van der Waals surface area contributed by atoms with Crippen LogP contribution >= 0.6 is 11.6 Å². The summed E-state index contributed by atoms with van der Waals surface area (Å²) >= 11 is 6.22. The van der Waals surface area contributed by atoms with Crippen molar-refractivity contribution < 1.29 is 0 Å². The van der Waals surface area contributed by atoms with E-state index in [1.54, 1.807) is 6.20 Å². The number of aromatic amines is 1. The summed E-state index contributed by atoms with van der Waals surface area (Å²) in [4.78, 5) is 7.25. The smallest absolute Gasteiger partial charge is 0.107 e. The lowest BCUT2D eigenvalue weighted by Gasteiger charge is -2.26. The van der Waals surface area contributed by atoms with Gasteiger partial charge < -0.3 is 4.98 Å². The van der Waals surface area contributed by atoms with Crippen molar-refractivity contribution in [1.29, 1.82) is 0 Å². The van der Waals surface area contributed by atoms with Crippen molar-refractivity contribution in [3.05, 3.63) is 18.2 Å². The highest BCUT2D eigenvalue weighted by Crippen LogP contribution is 2.32. The molecular weight excluding hydrogens is 184 g/mol. The summed E-state index contributed by atoms with van der Waals surface area (Å²) < 4.78 is 0. The van der Waals surface area contributed by atoms with Crippen LogP contribution in [0.5, 0.6) is 0 Å². The van der Waals surface area contributed by atoms with E-state index in [-0.39, 0.29) is 5.38 Å². The highest BCUT2D eigenvalue weighted by atomic mass is 35.5. The molecule has 0 saturated heterocycles. The Morgan fingerprint density at radius 1 is 1.62 bits per heavy atom. The molecule has 0 bridgehead atoms. The van der Waals surface area contributed by atoms with Crippen LogP contribution in [0.1, 0.15) is 31.5 Å². The van der Waals surface area contributed by atoms with Crippen LogP contribution in [0.3, 0.4) is 0 Å². The molecule has 0 aromatic carbocycles. The molecule has 0 aliphatic heterocycles. The van der Waals surface area contributed by atoms with Crippen LogP contribution in [-0.2, 0) is 6.42 Å². The number of nitrogens with one attached hydrogen (secondary N) is 1.